The molecular formula is C13H13NO2. The molecule has 0 atom stereocenters. The van der Waals surface area contributed by atoms with Gasteiger partial charge >= 0.3 is 5.97 Å². The van der Waals surface area contributed by atoms with E-state index in [4.69, 9.17) is 5.11 Å². The Morgan fingerprint density at radius 1 is 1.19 bits per heavy atom. The average Bonchev–Trinajstić information content (AvgIpc) is 2.58. The van der Waals surface area contributed by atoms with E-state index < -0.39 is 5.97 Å². The molecule has 0 fully saturated rings. The maximum Gasteiger partial charge on any atom is 0.337 e. The molecule has 0 saturated heterocycles. The molecule has 2 aromatic rings. The molecule has 1 aromatic heterocycles. The van der Waals surface area contributed by atoms with E-state index in [0.29, 0.717) is 5.56 Å². The average molecular weight is 215 g/mol. The van der Waals surface area contributed by atoms with Crippen molar-refractivity contribution in [3.8, 4) is 5.69 Å². The number of hydrogen-bond acceptors (Lipinski definition) is 1. The van der Waals surface area contributed by atoms with Gasteiger partial charge in [0.15, 0.2) is 0 Å². The van der Waals surface area contributed by atoms with Crippen LogP contribution in [0.15, 0.2) is 36.5 Å². The number of carboxylic acids is 1. The maximum absolute atomic E-state index is 11.0. The summed E-state index contributed by atoms with van der Waals surface area (Å²) >= 11 is 0. The van der Waals surface area contributed by atoms with Gasteiger partial charge in [-0.15, -0.1) is 0 Å². The van der Waals surface area contributed by atoms with Crippen molar-refractivity contribution >= 4 is 5.97 Å². The van der Waals surface area contributed by atoms with Crippen LogP contribution in [0.25, 0.3) is 5.69 Å². The van der Waals surface area contributed by atoms with Gasteiger partial charge in [0.25, 0.3) is 0 Å². The van der Waals surface area contributed by atoms with Gasteiger partial charge in [0.05, 0.1) is 5.56 Å². The van der Waals surface area contributed by atoms with Crippen LogP contribution in [0, 0.1) is 13.8 Å². The molecule has 0 aliphatic heterocycles. The van der Waals surface area contributed by atoms with Crippen LogP contribution < -0.4 is 0 Å². The number of carbonyl (C=O) groups is 1. The quantitative estimate of drug-likeness (QED) is 0.837. The van der Waals surface area contributed by atoms with E-state index in [1.807, 2.05) is 48.7 Å². The Bertz CT molecular complexity index is 526. The summed E-state index contributed by atoms with van der Waals surface area (Å²) in [5.41, 5.74) is 3.12. The lowest BCUT2D eigenvalue weighted by Crippen LogP contribution is -1.95. The number of rotatable bonds is 2. The molecule has 0 amide bonds. The summed E-state index contributed by atoms with van der Waals surface area (Å²) in [7, 11) is 0. The third kappa shape index (κ3) is 1.60. The fourth-order valence-corrected chi connectivity index (χ4v) is 1.77. The number of benzene rings is 1. The Balaban J connectivity index is 2.60. The van der Waals surface area contributed by atoms with Crippen molar-refractivity contribution in [3.63, 3.8) is 0 Å². The molecule has 0 aliphatic carbocycles. The number of carboxylic acid groups (broad SMARTS) is 1. The number of para-hydroxylation sites is 1. The summed E-state index contributed by atoms with van der Waals surface area (Å²) in [4.78, 5) is 11.0. The zero-order chi connectivity index (χ0) is 11.7. The standard InChI is InChI=1S/C13H13NO2/c1-9-10(2)14(8-12(9)13(15)16)11-6-4-3-5-7-11/h3-8H,1-2H3,(H,15,16). The molecule has 1 aromatic carbocycles. The second kappa shape index (κ2) is 3.85. The summed E-state index contributed by atoms with van der Waals surface area (Å²) < 4.78 is 1.90. The van der Waals surface area contributed by atoms with E-state index in [1.165, 1.54) is 0 Å². The van der Waals surface area contributed by atoms with E-state index >= 15 is 0 Å². The molecule has 0 radical (unpaired) electrons. The van der Waals surface area contributed by atoms with E-state index in [9.17, 15) is 4.79 Å². The van der Waals surface area contributed by atoms with Crippen LogP contribution in [-0.4, -0.2) is 15.6 Å². The van der Waals surface area contributed by atoms with Crippen molar-refractivity contribution in [2.75, 3.05) is 0 Å². The second-order valence-electron chi connectivity index (χ2n) is 3.76. The third-order valence-electron chi connectivity index (χ3n) is 2.83. The highest BCUT2D eigenvalue weighted by atomic mass is 16.4. The summed E-state index contributed by atoms with van der Waals surface area (Å²) in [6, 6.07) is 9.72. The van der Waals surface area contributed by atoms with Crippen molar-refractivity contribution in [3.05, 3.63) is 53.3 Å². The molecule has 0 spiro atoms. The molecule has 1 N–H and O–H groups in total. The highest BCUT2D eigenvalue weighted by Crippen LogP contribution is 2.20. The zero-order valence-electron chi connectivity index (χ0n) is 9.27. The molecule has 1 heterocycles. The van der Waals surface area contributed by atoms with Crippen LogP contribution in [0.1, 0.15) is 21.6 Å². The second-order valence-corrected chi connectivity index (χ2v) is 3.76. The molecule has 0 saturated carbocycles. The number of aromatic carboxylic acids is 1. The molecule has 0 unspecified atom stereocenters. The minimum Gasteiger partial charge on any atom is -0.478 e. The largest absolute Gasteiger partial charge is 0.478 e. The lowest BCUT2D eigenvalue weighted by Gasteiger charge is -2.05. The lowest BCUT2D eigenvalue weighted by molar-refractivity contribution is 0.0696. The molecule has 16 heavy (non-hydrogen) atoms. The van der Waals surface area contributed by atoms with Crippen molar-refractivity contribution in [2.24, 2.45) is 0 Å². The van der Waals surface area contributed by atoms with Crippen molar-refractivity contribution in [1.82, 2.24) is 4.57 Å². The monoisotopic (exact) mass is 215 g/mol. The normalized spacial score (nSPS) is 10.4. The summed E-state index contributed by atoms with van der Waals surface area (Å²) in [5.74, 6) is -0.879. The Labute approximate surface area is 94.0 Å². The number of aromatic nitrogens is 1. The van der Waals surface area contributed by atoms with Gasteiger partial charge in [-0.25, -0.2) is 4.79 Å². The Hall–Kier alpha value is -2.03. The summed E-state index contributed by atoms with van der Waals surface area (Å²) in [6.07, 6.45) is 1.67. The minimum absolute atomic E-state index is 0.362. The first-order chi connectivity index (χ1) is 7.61. The van der Waals surface area contributed by atoms with Crippen LogP contribution in [0.5, 0.6) is 0 Å². The molecule has 3 heteroatoms. The van der Waals surface area contributed by atoms with E-state index in [2.05, 4.69) is 0 Å². The highest BCUT2D eigenvalue weighted by Gasteiger charge is 2.14. The Morgan fingerprint density at radius 3 is 2.31 bits per heavy atom. The highest BCUT2D eigenvalue weighted by molar-refractivity contribution is 5.89. The van der Waals surface area contributed by atoms with Crippen LogP contribution in [0.2, 0.25) is 0 Å². The van der Waals surface area contributed by atoms with Crippen molar-refractivity contribution in [1.29, 1.82) is 0 Å². The van der Waals surface area contributed by atoms with Gasteiger partial charge in [-0.2, -0.15) is 0 Å². The van der Waals surface area contributed by atoms with E-state index in [-0.39, 0.29) is 0 Å². The molecule has 0 bridgehead atoms. The smallest absolute Gasteiger partial charge is 0.337 e. The summed E-state index contributed by atoms with van der Waals surface area (Å²) in [6.45, 7) is 3.76. The van der Waals surface area contributed by atoms with E-state index in [0.717, 1.165) is 16.9 Å². The topological polar surface area (TPSA) is 42.2 Å². The lowest BCUT2D eigenvalue weighted by atomic mass is 10.2. The first-order valence-electron chi connectivity index (χ1n) is 5.08. The predicted octanol–water partition coefficient (Wildman–Crippen LogP) is 2.79. The molecule has 82 valence electrons. The van der Waals surface area contributed by atoms with Crippen molar-refractivity contribution < 1.29 is 9.90 Å². The predicted molar refractivity (Wildman–Crippen MR) is 62.2 cm³/mol. The Morgan fingerprint density at radius 2 is 1.81 bits per heavy atom. The molecule has 3 nitrogen and oxygen atoms in total. The Kier molecular flexibility index (Phi) is 2.52. The van der Waals surface area contributed by atoms with Crippen LogP contribution >= 0.6 is 0 Å². The summed E-state index contributed by atoms with van der Waals surface area (Å²) in [5, 5.41) is 9.04. The van der Waals surface area contributed by atoms with Crippen LogP contribution in [0.4, 0.5) is 0 Å². The third-order valence-corrected chi connectivity index (χ3v) is 2.83. The van der Waals surface area contributed by atoms with Gasteiger partial charge in [-0.1, -0.05) is 18.2 Å². The SMILES string of the molecule is Cc1c(C(=O)O)cn(-c2ccccc2)c1C. The van der Waals surface area contributed by atoms with Gasteiger partial charge in [-0.3, -0.25) is 0 Å². The van der Waals surface area contributed by atoms with Crippen LogP contribution in [-0.2, 0) is 0 Å². The van der Waals surface area contributed by atoms with Crippen LogP contribution in [0.3, 0.4) is 0 Å². The van der Waals surface area contributed by atoms with Gasteiger partial charge in [-0.05, 0) is 31.5 Å². The van der Waals surface area contributed by atoms with Gasteiger partial charge in [0.1, 0.15) is 0 Å². The molecule has 0 aliphatic rings. The zero-order valence-corrected chi connectivity index (χ0v) is 9.27. The fourth-order valence-electron chi connectivity index (χ4n) is 1.77. The first-order valence-corrected chi connectivity index (χ1v) is 5.08. The number of nitrogens with zero attached hydrogens (tertiary/aromatic N) is 1. The van der Waals surface area contributed by atoms with Gasteiger partial charge in [0.2, 0.25) is 0 Å². The maximum atomic E-state index is 11.0. The van der Waals surface area contributed by atoms with Gasteiger partial charge in [0, 0.05) is 17.6 Å². The van der Waals surface area contributed by atoms with E-state index in [1.54, 1.807) is 6.20 Å². The van der Waals surface area contributed by atoms with Gasteiger partial charge < -0.3 is 9.67 Å². The minimum atomic E-state index is -0.879. The molecule has 2 rings (SSSR count). The first kappa shape index (κ1) is 10.5. The fraction of sp³-hybridized carbons (Fsp3) is 0.154. The number of hydrogen-bond donors (Lipinski definition) is 1. The van der Waals surface area contributed by atoms with Crippen molar-refractivity contribution in [2.45, 2.75) is 13.8 Å². The molecular weight excluding hydrogens is 202 g/mol.